The Bertz CT molecular complexity index is 744. The summed E-state index contributed by atoms with van der Waals surface area (Å²) in [5.41, 5.74) is 2.07. The van der Waals surface area contributed by atoms with E-state index in [-0.39, 0.29) is 25.2 Å². The van der Waals surface area contributed by atoms with Gasteiger partial charge in [-0.2, -0.15) is 0 Å². The first-order valence-electron chi connectivity index (χ1n) is 8.19. The average molecular weight is 361 g/mol. The highest BCUT2D eigenvalue weighted by molar-refractivity contribution is 5.95. The van der Waals surface area contributed by atoms with Crippen LogP contribution < -0.4 is 10.6 Å². The van der Waals surface area contributed by atoms with Gasteiger partial charge in [0, 0.05) is 25.5 Å². The number of benzene rings is 1. The summed E-state index contributed by atoms with van der Waals surface area (Å²) in [6.07, 6.45) is 0. The number of anilines is 1. The molecule has 1 aromatic carbocycles. The van der Waals surface area contributed by atoms with Gasteiger partial charge >= 0.3 is 12.0 Å². The molecule has 0 fully saturated rings. The SMILES string of the molecule is CCOC(=O)C1=C(C)N(C)C(=O)N[C@@H]1c1cccc(NC(=O)COC)c1. The first-order chi connectivity index (χ1) is 12.4. The summed E-state index contributed by atoms with van der Waals surface area (Å²) in [5, 5.41) is 5.50. The number of urea groups is 1. The van der Waals surface area contributed by atoms with Crippen molar-refractivity contribution in [3.8, 4) is 0 Å². The fraction of sp³-hybridized carbons (Fsp3) is 0.389. The lowest BCUT2D eigenvalue weighted by molar-refractivity contribution is -0.139. The van der Waals surface area contributed by atoms with Crippen LogP contribution in [0.1, 0.15) is 25.5 Å². The van der Waals surface area contributed by atoms with Gasteiger partial charge in [-0.25, -0.2) is 9.59 Å². The number of allylic oxidation sites excluding steroid dienone is 1. The van der Waals surface area contributed by atoms with Gasteiger partial charge in [0.15, 0.2) is 0 Å². The minimum Gasteiger partial charge on any atom is -0.463 e. The van der Waals surface area contributed by atoms with Crippen LogP contribution in [0.5, 0.6) is 0 Å². The van der Waals surface area contributed by atoms with Gasteiger partial charge in [0.05, 0.1) is 18.2 Å². The molecule has 8 heteroatoms. The van der Waals surface area contributed by atoms with E-state index in [1.54, 1.807) is 45.2 Å². The normalized spacial score (nSPS) is 17.0. The summed E-state index contributed by atoms with van der Waals surface area (Å²) in [7, 11) is 3.02. The molecule has 0 saturated carbocycles. The molecule has 2 rings (SSSR count). The molecule has 0 aromatic heterocycles. The maximum absolute atomic E-state index is 12.4. The number of carbonyl (C=O) groups is 3. The number of carbonyl (C=O) groups excluding carboxylic acids is 3. The highest BCUT2D eigenvalue weighted by Gasteiger charge is 2.35. The van der Waals surface area contributed by atoms with Gasteiger partial charge in [-0.15, -0.1) is 0 Å². The minimum atomic E-state index is -0.669. The zero-order valence-corrected chi connectivity index (χ0v) is 15.3. The van der Waals surface area contributed by atoms with Crippen LogP contribution in [0.25, 0.3) is 0 Å². The monoisotopic (exact) mass is 361 g/mol. The number of methoxy groups -OCH3 is 1. The number of rotatable bonds is 6. The Morgan fingerprint density at radius 2 is 2.08 bits per heavy atom. The van der Waals surface area contributed by atoms with E-state index in [1.807, 2.05) is 0 Å². The summed E-state index contributed by atoms with van der Waals surface area (Å²) >= 11 is 0. The van der Waals surface area contributed by atoms with Crippen molar-refractivity contribution in [2.24, 2.45) is 0 Å². The summed E-state index contributed by atoms with van der Waals surface area (Å²) in [5.74, 6) is -0.787. The topological polar surface area (TPSA) is 97.0 Å². The molecule has 0 radical (unpaired) electrons. The molecule has 0 spiro atoms. The molecule has 3 amide bonds. The van der Waals surface area contributed by atoms with Gasteiger partial charge in [-0.1, -0.05) is 12.1 Å². The molecular formula is C18H23N3O5. The molecule has 0 aliphatic carbocycles. The van der Waals surface area contributed by atoms with Crippen molar-refractivity contribution in [3.05, 3.63) is 41.1 Å². The minimum absolute atomic E-state index is 0.0672. The number of ether oxygens (including phenoxy) is 2. The molecule has 140 valence electrons. The van der Waals surface area contributed by atoms with Gasteiger partial charge in [-0.05, 0) is 31.5 Å². The Balaban J connectivity index is 2.39. The highest BCUT2D eigenvalue weighted by atomic mass is 16.5. The van der Waals surface area contributed by atoms with Gasteiger partial charge in [-0.3, -0.25) is 4.79 Å². The van der Waals surface area contributed by atoms with E-state index in [0.29, 0.717) is 22.5 Å². The lowest BCUT2D eigenvalue weighted by atomic mass is 9.94. The molecular weight excluding hydrogens is 338 g/mol. The summed E-state index contributed by atoms with van der Waals surface area (Å²) in [6.45, 7) is 3.58. The first kappa shape index (κ1) is 19.5. The Morgan fingerprint density at radius 3 is 2.73 bits per heavy atom. The molecule has 0 saturated heterocycles. The van der Waals surface area contributed by atoms with Crippen LogP contribution in [-0.4, -0.2) is 50.2 Å². The van der Waals surface area contributed by atoms with Crippen molar-refractivity contribution in [1.29, 1.82) is 0 Å². The van der Waals surface area contributed by atoms with E-state index in [0.717, 1.165) is 0 Å². The van der Waals surface area contributed by atoms with Crippen LogP contribution >= 0.6 is 0 Å². The number of esters is 1. The number of hydrogen-bond donors (Lipinski definition) is 2. The molecule has 1 aliphatic heterocycles. The molecule has 0 bridgehead atoms. The zero-order chi connectivity index (χ0) is 19.3. The van der Waals surface area contributed by atoms with Crippen LogP contribution in [0, 0.1) is 0 Å². The average Bonchev–Trinajstić information content (AvgIpc) is 2.60. The van der Waals surface area contributed by atoms with Crippen molar-refractivity contribution < 1.29 is 23.9 Å². The second-order valence-corrected chi connectivity index (χ2v) is 5.77. The quantitative estimate of drug-likeness (QED) is 0.753. The van der Waals surface area contributed by atoms with Gasteiger partial charge in [0.1, 0.15) is 6.61 Å². The molecule has 1 aromatic rings. The Labute approximate surface area is 152 Å². The van der Waals surface area contributed by atoms with Crippen molar-refractivity contribution in [2.75, 3.05) is 32.7 Å². The summed E-state index contributed by atoms with van der Waals surface area (Å²) in [6, 6.07) is 5.94. The fourth-order valence-electron chi connectivity index (χ4n) is 2.68. The van der Waals surface area contributed by atoms with Crippen LogP contribution in [0.3, 0.4) is 0 Å². The van der Waals surface area contributed by atoms with E-state index in [4.69, 9.17) is 9.47 Å². The standard InChI is InChI=1S/C18H23N3O5/c1-5-26-17(23)15-11(2)21(3)18(24)20-16(15)12-7-6-8-13(9-12)19-14(22)10-25-4/h6-9,16H,5,10H2,1-4H3,(H,19,22)(H,20,24)/t16-/m1/s1. The fourth-order valence-corrected chi connectivity index (χ4v) is 2.68. The Kier molecular flexibility index (Phi) is 6.35. The van der Waals surface area contributed by atoms with Crippen molar-refractivity contribution in [1.82, 2.24) is 10.2 Å². The molecule has 8 nitrogen and oxygen atoms in total. The summed E-state index contributed by atoms with van der Waals surface area (Å²) < 4.78 is 9.95. The lowest BCUT2D eigenvalue weighted by Gasteiger charge is -2.33. The molecule has 1 aliphatic rings. The molecule has 0 unspecified atom stereocenters. The molecule has 26 heavy (non-hydrogen) atoms. The third-order valence-electron chi connectivity index (χ3n) is 4.03. The van der Waals surface area contributed by atoms with Crippen molar-refractivity contribution >= 4 is 23.6 Å². The van der Waals surface area contributed by atoms with Gasteiger partial charge in [0.2, 0.25) is 5.91 Å². The molecule has 1 atom stereocenters. The number of amides is 3. The highest BCUT2D eigenvalue weighted by Crippen LogP contribution is 2.31. The van der Waals surface area contributed by atoms with Crippen LogP contribution in [-0.2, 0) is 19.1 Å². The second-order valence-electron chi connectivity index (χ2n) is 5.77. The molecule has 2 N–H and O–H groups in total. The van der Waals surface area contributed by atoms with Crippen LogP contribution in [0.15, 0.2) is 35.5 Å². The van der Waals surface area contributed by atoms with E-state index in [1.165, 1.54) is 12.0 Å². The number of nitrogens with one attached hydrogen (secondary N) is 2. The van der Waals surface area contributed by atoms with E-state index < -0.39 is 12.0 Å². The second kappa shape index (κ2) is 8.48. The maximum Gasteiger partial charge on any atom is 0.338 e. The third kappa shape index (κ3) is 4.20. The Hall–Kier alpha value is -2.87. The first-order valence-corrected chi connectivity index (χ1v) is 8.19. The van der Waals surface area contributed by atoms with Crippen LogP contribution in [0.4, 0.5) is 10.5 Å². The van der Waals surface area contributed by atoms with Crippen LogP contribution in [0.2, 0.25) is 0 Å². The van der Waals surface area contributed by atoms with Gasteiger partial charge in [0.25, 0.3) is 0 Å². The lowest BCUT2D eigenvalue weighted by Crippen LogP contribution is -2.46. The maximum atomic E-state index is 12.4. The number of nitrogens with zero attached hydrogens (tertiary/aromatic N) is 1. The van der Waals surface area contributed by atoms with E-state index >= 15 is 0 Å². The Morgan fingerprint density at radius 1 is 1.35 bits per heavy atom. The summed E-state index contributed by atoms with van der Waals surface area (Å²) in [4.78, 5) is 37.7. The largest absolute Gasteiger partial charge is 0.463 e. The van der Waals surface area contributed by atoms with Crippen molar-refractivity contribution in [3.63, 3.8) is 0 Å². The van der Waals surface area contributed by atoms with Crippen molar-refractivity contribution in [2.45, 2.75) is 19.9 Å². The predicted octanol–water partition coefficient (Wildman–Crippen LogP) is 1.80. The molecule has 1 heterocycles. The smallest absolute Gasteiger partial charge is 0.338 e. The predicted molar refractivity (Wildman–Crippen MR) is 95.3 cm³/mol. The number of hydrogen-bond acceptors (Lipinski definition) is 5. The van der Waals surface area contributed by atoms with Gasteiger partial charge < -0.3 is 25.0 Å². The third-order valence-corrected chi connectivity index (χ3v) is 4.03. The zero-order valence-electron chi connectivity index (χ0n) is 15.3. The van der Waals surface area contributed by atoms with E-state index in [9.17, 15) is 14.4 Å². The van der Waals surface area contributed by atoms with E-state index in [2.05, 4.69) is 10.6 Å².